The van der Waals surface area contributed by atoms with Crippen LogP contribution in [0.15, 0.2) is 59.3 Å². The summed E-state index contributed by atoms with van der Waals surface area (Å²) in [6.45, 7) is 5.38. The number of hydrogen-bond donors (Lipinski definition) is 1. The summed E-state index contributed by atoms with van der Waals surface area (Å²) < 4.78 is 11.8. The molecule has 0 bridgehead atoms. The fourth-order valence-electron chi connectivity index (χ4n) is 4.05. The number of nitrogens with zero attached hydrogens (tertiary/aromatic N) is 2. The summed E-state index contributed by atoms with van der Waals surface area (Å²) in [5.41, 5.74) is 3.99. The van der Waals surface area contributed by atoms with Gasteiger partial charge in [-0.25, -0.2) is 4.98 Å². The number of aryl methyl sites for hydroxylation is 2. The number of aromatic nitrogens is 1. The summed E-state index contributed by atoms with van der Waals surface area (Å²) in [6, 6.07) is 15.6. The van der Waals surface area contributed by atoms with E-state index in [4.69, 9.17) is 9.15 Å². The molecule has 1 aromatic heterocycles. The molecule has 0 spiro atoms. The highest BCUT2D eigenvalue weighted by Gasteiger charge is 2.30. The van der Waals surface area contributed by atoms with Crippen LogP contribution in [0.2, 0.25) is 0 Å². The van der Waals surface area contributed by atoms with Crippen molar-refractivity contribution in [2.45, 2.75) is 45.4 Å². The number of likely N-dealkylation sites (tertiary alicyclic amines) is 1. The van der Waals surface area contributed by atoms with Crippen LogP contribution in [0.1, 0.15) is 47.1 Å². The maximum atomic E-state index is 11.4. The fourth-order valence-corrected chi connectivity index (χ4v) is 4.05. The van der Waals surface area contributed by atoms with E-state index in [-0.39, 0.29) is 12.1 Å². The zero-order valence-corrected chi connectivity index (χ0v) is 17.2. The lowest BCUT2D eigenvalue weighted by Gasteiger charge is -2.22. The van der Waals surface area contributed by atoms with Crippen LogP contribution in [-0.4, -0.2) is 33.5 Å². The highest BCUT2D eigenvalue weighted by Crippen LogP contribution is 2.31. The quantitative estimate of drug-likeness (QED) is 0.622. The second kappa shape index (κ2) is 8.71. The number of carbonyl (C=O) groups is 1. The fraction of sp³-hybridized carbons (Fsp3) is 0.333. The van der Waals surface area contributed by atoms with Gasteiger partial charge in [0.15, 0.2) is 12.5 Å². The van der Waals surface area contributed by atoms with Crippen molar-refractivity contribution >= 4 is 5.97 Å². The maximum Gasteiger partial charge on any atom is 0.320 e. The van der Waals surface area contributed by atoms with Gasteiger partial charge in [0, 0.05) is 12.1 Å². The molecule has 1 saturated heterocycles. The average molecular weight is 406 g/mol. The van der Waals surface area contributed by atoms with Crippen LogP contribution >= 0.6 is 0 Å². The Hall–Kier alpha value is -3.12. The van der Waals surface area contributed by atoms with E-state index in [1.165, 1.54) is 6.39 Å². The topological polar surface area (TPSA) is 75.8 Å². The Morgan fingerprint density at radius 1 is 1.23 bits per heavy atom. The van der Waals surface area contributed by atoms with Crippen molar-refractivity contribution in [2.75, 3.05) is 6.54 Å². The molecule has 30 heavy (non-hydrogen) atoms. The minimum absolute atomic E-state index is 0.370. The SMILES string of the molecule is Cc1ccccc1[C@H](Oc1ccc(CN2CCCC2C(=O)O)cc1)c1ncoc1C. The average Bonchev–Trinajstić information content (AvgIpc) is 3.37. The summed E-state index contributed by atoms with van der Waals surface area (Å²) in [5, 5.41) is 9.37. The number of carboxylic acids is 1. The summed E-state index contributed by atoms with van der Waals surface area (Å²) in [5.74, 6) is 0.718. The van der Waals surface area contributed by atoms with Gasteiger partial charge in [-0.05, 0) is 56.5 Å². The first-order chi connectivity index (χ1) is 14.5. The van der Waals surface area contributed by atoms with E-state index in [0.717, 1.165) is 46.9 Å². The Labute approximate surface area is 176 Å². The van der Waals surface area contributed by atoms with Gasteiger partial charge in [-0.3, -0.25) is 9.69 Å². The van der Waals surface area contributed by atoms with Gasteiger partial charge in [-0.15, -0.1) is 0 Å². The molecule has 2 heterocycles. The molecule has 0 saturated carbocycles. The highest BCUT2D eigenvalue weighted by molar-refractivity contribution is 5.73. The highest BCUT2D eigenvalue weighted by atomic mass is 16.5. The number of hydrogen-bond acceptors (Lipinski definition) is 5. The first-order valence-corrected chi connectivity index (χ1v) is 10.2. The molecule has 0 aliphatic carbocycles. The van der Waals surface area contributed by atoms with E-state index in [0.29, 0.717) is 13.0 Å². The van der Waals surface area contributed by atoms with Gasteiger partial charge in [0.25, 0.3) is 0 Å². The zero-order chi connectivity index (χ0) is 21.1. The summed E-state index contributed by atoms with van der Waals surface area (Å²) in [6.07, 6.45) is 2.71. The smallest absolute Gasteiger partial charge is 0.320 e. The van der Waals surface area contributed by atoms with Gasteiger partial charge >= 0.3 is 5.97 Å². The van der Waals surface area contributed by atoms with Crippen molar-refractivity contribution in [3.63, 3.8) is 0 Å². The molecule has 0 amide bonds. The molecule has 1 fully saturated rings. The normalized spacial score (nSPS) is 17.7. The van der Waals surface area contributed by atoms with E-state index in [1.807, 2.05) is 54.3 Å². The summed E-state index contributed by atoms with van der Waals surface area (Å²) in [4.78, 5) is 17.8. The lowest BCUT2D eigenvalue weighted by atomic mass is 10.0. The van der Waals surface area contributed by atoms with Crippen molar-refractivity contribution < 1.29 is 19.1 Å². The van der Waals surface area contributed by atoms with Gasteiger partial charge in [-0.2, -0.15) is 0 Å². The minimum atomic E-state index is -0.739. The van der Waals surface area contributed by atoms with Crippen molar-refractivity contribution in [2.24, 2.45) is 0 Å². The predicted octanol–water partition coefficient (Wildman–Crippen LogP) is 4.51. The Morgan fingerprint density at radius 3 is 2.67 bits per heavy atom. The number of benzene rings is 2. The van der Waals surface area contributed by atoms with Crippen LogP contribution in [0, 0.1) is 13.8 Å². The molecule has 2 aromatic carbocycles. The van der Waals surface area contributed by atoms with E-state index in [2.05, 4.69) is 18.0 Å². The Bertz CT molecular complexity index is 1010. The molecule has 156 valence electrons. The first-order valence-electron chi connectivity index (χ1n) is 10.2. The van der Waals surface area contributed by atoms with Crippen LogP contribution in [0.3, 0.4) is 0 Å². The van der Waals surface area contributed by atoms with E-state index in [9.17, 15) is 9.90 Å². The molecular formula is C24H26N2O4. The molecule has 0 radical (unpaired) electrons. The van der Waals surface area contributed by atoms with Gasteiger partial charge < -0.3 is 14.3 Å². The van der Waals surface area contributed by atoms with Gasteiger partial charge in [0.1, 0.15) is 23.2 Å². The standard InChI is InChI=1S/C24H26N2O4/c1-16-6-3-4-7-20(16)23(22-17(2)29-15-25-22)30-19-11-9-18(10-12-19)14-26-13-5-8-21(26)24(27)28/h3-4,6-7,9-12,15,21,23H,5,8,13-14H2,1-2H3,(H,27,28)/t21?,23-/m0/s1. The van der Waals surface area contributed by atoms with Crippen molar-refractivity contribution in [3.05, 3.63) is 83.1 Å². The lowest BCUT2D eigenvalue weighted by molar-refractivity contribution is -0.142. The molecule has 1 unspecified atom stereocenters. The molecule has 3 aromatic rings. The van der Waals surface area contributed by atoms with Crippen molar-refractivity contribution in [3.8, 4) is 5.75 Å². The number of oxazole rings is 1. The Kier molecular flexibility index (Phi) is 5.86. The molecule has 1 aliphatic heterocycles. The molecule has 1 aliphatic rings. The van der Waals surface area contributed by atoms with Crippen LogP contribution in [-0.2, 0) is 11.3 Å². The Balaban J connectivity index is 1.53. The molecule has 4 rings (SSSR count). The first kappa shape index (κ1) is 20.2. The minimum Gasteiger partial charge on any atom is -0.480 e. The third-order valence-electron chi connectivity index (χ3n) is 5.71. The number of rotatable bonds is 7. The summed E-state index contributed by atoms with van der Waals surface area (Å²) in [7, 11) is 0. The maximum absolute atomic E-state index is 11.4. The van der Waals surface area contributed by atoms with Crippen LogP contribution in [0.5, 0.6) is 5.75 Å². The van der Waals surface area contributed by atoms with Crippen molar-refractivity contribution in [1.82, 2.24) is 9.88 Å². The number of carboxylic acid groups (broad SMARTS) is 1. The molecule has 6 nitrogen and oxygen atoms in total. The molecule has 2 atom stereocenters. The van der Waals surface area contributed by atoms with Crippen LogP contribution < -0.4 is 4.74 Å². The Morgan fingerprint density at radius 2 is 2.00 bits per heavy atom. The molecule has 6 heteroatoms. The molecule has 1 N–H and O–H groups in total. The number of ether oxygens (including phenoxy) is 1. The summed E-state index contributed by atoms with van der Waals surface area (Å²) >= 11 is 0. The zero-order valence-electron chi connectivity index (χ0n) is 17.2. The van der Waals surface area contributed by atoms with E-state index < -0.39 is 5.97 Å². The number of aliphatic carboxylic acids is 1. The predicted molar refractivity (Wildman–Crippen MR) is 112 cm³/mol. The van der Waals surface area contributed by atoms with Gasteiger partial charge in [0.2, 0.25) is 0 Å². The molecular weight excluding hydrogens is 380 g/mol. The van der Waals surface area contributed by atoms with E-state index >= 15 is 0 Å². The third-order valence-corrected chi connectivity index (χ3v) is 5.71. The van der Waals surface area contributed by atoms with E-state index in [1.54, 1.807) is 0 Å². The van der Waals surface area contributed by atoms with Crippen LogP contribution in [0.25, 0.3) is 0 Å². The second-order valence-electron chi connectivity index (χ2n) is 7.76. The third kappa shape index (κ3) is 4.24. The monoisotopic (exact) mass is 406 g/mol. The van der Waals surface area contributed by atoms with Crippen LogP contribution in [0.4, 0.5) is 0 Å². The lowest BCUT2D eigenvalue weighted by Crippen LogP contribution is -2.35. The van der Waals surface area contributed by atoms with Gasteiger partial charge in [-0.1, -0.05) is 36.4 Å². The van der Waals surface area contributed by atoms with Gasteiger partial charge in [0.05, 0.1) is 0 Å². The second-order valence-corrected chi connectivity index (χ2v) is 7.76. The van der Waals surface area contributed by atoms with Crippen molar-refractivity contribution in [1.29, 1.82) is 0 Å². The largest absolute Gasteiger partial charge is 0.480 e.